The van der Waals surface area contributed by atoms with Crippen molar-refractivity contribution < 1.29 is 0 Å². The van der Waals surface area contributed by atoms with Gasteiger partial charge in [-0.05, 0) is 123 Å². The minimum Gasteiger partial charge on any atom is -0.309 e. The van der Waals surface area contributed by atoms with Gasteiger partial charge in [-0.2, -0.15) is 0 Å². The molecule has 0 saturated heterocycles. The van der Waals surface area contributed by atoms with Crippen LogP contribution in [-0.4, -0.2) is 19.1 Å². The average Bonchev–Trinajstić information content (AvgIpc) is 3.98. The quantitative estimate of drug-likeness (QED) is 0.152. The second-order valence-electron chi connectivity index (χ2n) is 18.6. The summed E-state index contributed by atoms with van der Waals surface area (Å²) in [6.07, 6.45) is 0. The summed E-state index contributed by atoms with van der Waals surface area (Å²) in [4.78, 5) is 10.8. The molecular formula is C68H44N4. The van der Waals surface area contributed by atoms with E-state index in [-0.39, 0.29) is 0 Å². The Bertz CT molecular complexity index is 4180. The summed E-state index contributed by atoms with van der Waals surface area (Å²) >= 11 is 0. The maximum Gasteiger partial charge on any atom is 0.160 e. The van der Waals surface area contributed by atoms with E-state index in [4.69, 9.17) is 9.97 Å². The van der Waals surface area contributed by atoms with Crippen molar-refractivity contribution in [1.82, 2.24) is 19.1 Å². The first kappa shape index (κ1) is 41.3. The van der Waals surface area contributed by atoms with Gasteiger partial charge in [0, 0.05) is 49.6 Å². The Balaban J connectivity index is 1.01. The number of benzene rings is 11. The van der Waals surface area contributed by atoms with Crippen molar-refractivity contribution in [2.45, 2.75) is 0 Å². The fraction of sp³-hybridized carbons (Fsp3) is 0. The lowest BCUT2D eigenvalue weighted by Crippen LogP contribution is -1.97. The van der Waals surface area contributed by atoms with Gasteiger partial charge in [-0.3, -0.25) is 0 Å². The van der Waals surface area contributed by atoms with Crippen LogP contribution in [0.1, 0.15) is 0 Å². The van der Waals surface area contributed by atoms with Crippen LogP contribution in [0.3, 0.4) is 0 Å². The summed E-state index contributed by atoms with van der Waals surface area (Å²) in [6.45, 7) is 0. The number of hydrogen-bond acceptors (Lipinski definition) is 2. The van der Waals surface area contributed by atoms with E-state index in [1.54, 1.807) is 0 Å². The molecule has 0 unspecified atom stereocenters. The molecule has 0 fully saturated rings. The summed E-state index contributed by atoms with van der Waals surface area (Å²) in [5.74, 6) is 0.676. The third-order valence-corrected chi connectivity index (χ3v) is 14.3. The molecule has 14 rings (SSSR count). The highest BCUT2D eigenvalue weighted by Crippen LogP contribution is 2.41. The number of para-hydroxylation sites is 4. The van der Waals surface area contributed by atoms with Crippen molar-refractivity contribution in [2.75, 3.05) is 0 Å². The molecule has 0 amide bonds. The van der Waals surface area contributed by atoms with Gasteiger partial charge in [0.2, 0.25) is 0 Å². The Kier molecular flexibility index (Phi) is 9.82. The molecule has 72 heavy (non-hydrogen) atoms. The summed E-state index contributed by atoms with van der Waals surface area (Å²) in [5.41, 5.74) is 18.4. The Morgan fingerprint density at radius 3 is 1.22 bits per heavy atom. The Morgan fingerprint density at radius 2 is 0.639 bits per heavy atom. The molecule has 0 saturated carbocycles. The van der Waals surface area contributed by atoms with Crippen LogP contribution in [0.4, 0.5) is 0 Å². The molecule has 3 heterocycles. The normalized spacial score (nSPS) is 11.6. The second kappa shape index (κ2) is 17.1. The number of aromatic nitrogens is 4. The van der Waals surface area contributed by atoms with Gasteiger partial charge in [-0.15, -0.1) is 0 Å². The standard InChI is InChI=1S/C68H44N4/c1-4-16-45(17-5-1)47-28-31-48(32-29-47)62-44-63(70-68(69-62)52-33-30-46-18-10-11-19-49(46)38-52)55-40-53(50-34-36-60-58-24-12-14-26-64(58)71(66(60)42-50)56-20-6-2-7-21-56)39-54(41-55)51-35-37-61-59-25-13-15-27-65(59)72(67(61)43-51)57-22-8-3-9-23-57/h1-44H. The van der Waals surface area contributed by atoms with Crippen molar-refractivity contribution >= 4 is 54.4 Å². The molecule has 4 heteroatoms. The van der Waals surface area contributed by atoms with E-state index in [0.717, 1.165) is 83.7 Å². The summed E-state index contributed by atoms with van der Waals surface area (Å²) in [5, 5.41) is 7.21. The molecule has 0 spiro atoms. The summed E-state index contributed by atoms with van der Waals surface area (Å²) in [7, 11) is 0. The van der Waals surface area contributed by atoms with Gasteiger partial charge in [0.05, 0.1) is 33.5 Å². The lowest BCUT2D eigenvalue weighted by Gasteiger charge is -2.15. The predicted octanol–water partition coefficient (Wildman–Crippen LogP) is 17.8. The van der Waals surface area contributed by atoms with E-state index in [1.807, 2.05) is 0 Å². The number of hydrogen-bond donors (Lipinski definition) is 0. The van der Waals surface area contributed by atoms with Crippen LogP contribution in [0.25, 0.3) is 133 Å². The topological polar surface area (TPSA) is 35.6 Å². The molecular weight excluding hydrogens is 873 g/mol. The molecule has 0 aliphatic heterocycles. The highest BCUT2D eigenvalue weighted by molar-refractivity contribution is 6.11. The molecule has 0 N–H and O–H groups in total. The van der Waals surface area contributed by atoms with E-state index in [0.29, 0.717) is 5.82 Å². The van der Waals surface area contributed by atoms with Gasteiger partial charge in [-0.25, -0.2) is 9.97 Å². The summed E-state index contributed by atoms with van der Waals surface area (Å²) in [6, 6.07) is 96.1. The molecule has 0 atom stereocenters. The lowest BCUT2D eigenvalue weighted by molar-refractivity contribution is 1.18. The zero-order chi connectivity index (χ0) is 47.5. The monoisotopic (exact) mass is 916 g/mol. The molecule has 0 bridgehead atoms. The van der Waals surface area contributed by atoms with Gasteiger partial charge >= 0.3 is 0 Å². The van der Waals surface area contributed by atoms with E-state index >= 15 is 0 Å². The highest BCUT2D eigenvalue weighted by atomic mass is 15.0. The minimum absolute atomic E-state index is 0.676. The van der Waals surface area contributed by atoms with E-state index in [1.165, 1.54) is 43.5 Å². The lowest BCUT2D eigenvalue weighted by atomic mass is 9.93. The smallest absolute Gasteiger partial charge is 0.160 e. The Morgan fingerprint density at radius 1 is 0.222 bits per heavy atom. The molecule has 0 aliphatic rings. The zero-order valence-electron chi connectivity index (χ0n) is 39.2. The largest absolute Gasteiger partial charge is 0.309 e. The third-order valence-electron chi connectivity index (χ3n) is 14.3. The fourth-order valence-corrected chi connectivity index (χ4v) is 10.8. The maximum atomic E-state index is 5.49. The highest BCUT2D eigenvalue weighted by Gasteiger charge is 2.19. The van der Waals surface area contributed by atoms with E-state index < -0.39 is 0 Å². The first-order valence-electron chi connectivity index (χ1n) is 24.5. The molecule has 0 aliphatic carbocycles. The number of fused-ring (bicyclic) bond motifs is 7. The van der Waals surface area contributed by atoms with Crippen LogP contribution < -0.4 is 0 Å². The third kappa shape index (κ3) is 7.16. The number of rotatable bonds is 8. The first-order valence-corrected chi connectivity index (χ1v) is 24.5. The Hall–Kier alpha value is -9.64. The fourth-order valence-electron chi connectivity index (χ4n) is 10.8. The van der Waals surface area contributed by atoms with Gasteiger partial charge in [0.25, 0.3) is 0 Å². The van der Waals surface area contributed by atoms with Crippen LogP contribution in [-0.2, 0) is 0 Å². The van der Waals surface area contributed by atoms with Crippen molar-refractivity contribution in [3.63, 3.8) is 0 Å². The van der Waals surface area contributed by atoms with E-state index in [2.05, 4.69) is 276 Å². The van der Waals surface area contributed by atoms with Gasteiger partial charge in [0.15, 0.2) is 5.82 Å². The molecule has 11 aromatic carbocycles. The molecule has 336 valence electrons. The van der Waals surface area contributed by atoms with E-state index in [9.17, 15) is 0 Å². The van der Waals surface area contributed by atoms with Crippen molar-refractivity contribution in [2.24, 2.45) is 0 Å². The molecule has 0 radical (unpaired) electrons. The minimum atomic E-state index is 0.676. The van der Waals surface area contributed by atoms with Crippen molar-refractivity contribution in [1.29, 1.82) is 0 Å². The molecule has 14 aromatic rings. The average molecular weight is 917 g/mol. The van der Waals surface area contributed by atoms with Crippen LogP contribution in [0.2, 0.25) is 0 Å². The maximum absolute atomic E-state index is 5.49. The zero-order valence-corrected chi connectivity index (χ0v) is 39.2. The summed E-state index contributed by atoms with van der Waals surface area (Å²) < 4.78 is 4.79. The predicted molar refractivity (Wildman–Crippen MR) is 301 cm³/mol. The van der Waals surface area contributed by atoms with Gasteiger partial charge < -0.3 is 9.13 Å². The van der Waals surface area contributed by atoms with Crippen LogP contribution in [0.5, 0.6) is 0 Å². The van der Waals surface area contributed by atoms with Crippen LogP contribution >= 0.6 is 0 Å². The Labute approximate surface area is 417 Å². The van der Waals surface area contributed by atoms with Crippen LogP contribution in [0, 0.1) is 0 Å². The van der Waals surface area contributed by atoms with Gasteiger partial charge in [-0.1, -0.05) is 188 Å². The first-order chi connectivity index (χ1) is 35.7. The van der Waals surface area contributed by atoms with Crippen molar-refractivity contribution in [3.8, 4) is 78.7 Å². The second-order valence-corrected chi connectivity index (χ2v) is 18.6. The van der Waals surface area contributed by atoms with Crippen molar-refractivity contribution in [3.05, 3.63) is 267 Å². The SMILES string of the molecule is c1ccc(-c2ccc(-c3cc(-c4cc(-c5ccc6c7ccccc7n(-c7ccccc7)c6c5)cc(-c5ccc6c7ccccc7n(-c7ccccc7)c6c5)c4)nc(-c4ccc5ccccc5c4)n3)cc2)cc1. The molecule has 3 aromatic heterocycles. The molecule has 4 nitrogen and oxygen atoms in total. The van der Waals surface area contributed by atoms with Gasteiger partial charge in [0.1, 0.15) is 0 Å². The number of nitrogens with zero attached hydrogens (tertiary/aromatic N) is 4. The van der Waals surface area contributed by atoms with Crippen LogP contribution in [0.15, 0.2) is 267 Å².